The molecule has 2 saturated heterocycles. The first-order valence-corrected chi connectivity index (χ1v) is 10.2. The van der Waals surface area contributed by atoms with Crippen LogP contribution in [-0.2, 0) is 4.79 Å². The van der Waals surface area contributed by atoms with Crippen molar-refractivity contribution in [2.75, 3.05) is 24.5 Å². The molecule has 7 nitrogen and oxygen atoms in total. The van der Waals surface area contributed by atoms with Gasteiger partial charge in [-0.05, 0) is 51.0 Å². The van der Waals surface area contributed by atoms with E-state index < -0.39 is 0 Å². The van der Waals surface area contributed by atoms with E-state index in [1.165, 1.54) is 0 Å². The van der Waals surface area contributed by atoms with Gasteiger partial charge < -0.3 is 19.9 Å². The normalized spacial score (nSPS) is 32.0. The number of rotatable bonds is 2. The summed E-state index contributed by atoms with van der Waals surface area (Å²) in [4.78, 5) is 29.8. The third kappa shape index (κ3) is 2.79. The summed E-state index contributed by atoms with van der Waals surface area (Å²) in [5.41, 5.74) is 0.571. The van der Waals surface area contributed by atoms with E-state index in [-0.39, 0.29) is 11.5 Å². The van der Waals surface area contributed by atoms with Gasteiger partial charge in [-0.1, -0.05) is 0 Å². The van der Waals surface area contributed by atoms with Crippen molar-refractivity contribution in [3.63, 3.8) is 0 Å². The maximum atomic E-state index is 13.5. The van der Waals surface area contributed by atoms with Gasteiger partial charge in [-0.25, -0.2) is 9.97 Å². The first-order valence-electron chi connectivity index (χ1n) is 10.2. The maximum Gasteiger partial charge on any atom is 0.230 e. The van der Waals surface area contributed by atoms with Crippen molar-refractivity contribution in [1.29, 1.82) is 0 Å². The molecule has 2 N–H and O–H groups in total. The summed E-state index contributed by atoms with van der Waals surface area (Å²) >= 11 is 0. The van der Waals surface area contributed by atoms with Crippen molar-refractivity contribution < 1.29 is 9.90 Å². The molecule has 2 aromatic rings. The lowest BCUT2D eigenvalue weighted by atomic mass is 9.78. The highest BCUT2D eigenvalue weighted by Gasteiger charge is 2.50. The van der Waals surface area contributed by atoms with Crippen LogP contribution in [0.25, 0.3) is 11.0 Å². The predicted octanol–water partition coefficient (Wildman–Crippen LogP) is 2.08. The first kappa shape index (κ1) is 17.0. The number of nitrogens with zero attached hydrogens (tertiary/aromatic N) is 4. The quantitative estimate of drug-likeness (QED) is 0.847. The summed E-state index contributed by atoms with van der Waals surface area (Å²) in [6.07, 6.45) is 9.73. The second-order valence-corrected chi connectivity index (χ2v) is 8.45. The summed E-state index contributed by atoms with van der Waals surface area (Å²) in [7, 11) is 0. The van der Waals surface area contributed by atoms with Gasteiger partial charge in [-0.2, -0.15) is 0 Å². The fourth-order valence-corrected chi connectivity index (χ4v) is 5.37. The highest BCUT2D eigenvalue weighted by molar-refractivity contribution is 5.89. The Labute approximate surface area is 158 Å². The minimum atomic E-state index is -0.276. The van der Waals surface area contributed by atoms with E-state index in [0.29, 0.717) is 11.9 Å². The van der Waals surface area contributed by atoms with Gasteiger partial charge in [0, 0.05) is 31.9 Å². The zero-order valence-corrected chi connectivity index (χ0v) is 15.6. The minimum absolute atomic E-state index is 0.181. The number of aliphatic hydroxyl groups is 1. The third-order valence-corrected chi connectivity index (χ3v) is 6.86. The van der Waals surface area contributed by atoms with Gasteiger partial charge in [-0.3, -0.25) is 4.79 Å². The Morgan fingerprint density at radius 3 is 2.85 bits per heavy atom. The van der Waals surface area contributed by atoms with E-state index in [1.807, 2.05) is 12.3 Å². The van der Waals surface area contributed by atoms with Gasteiger partial charge in [0.2, 0.25) is 5.91 Å². The number of nitrogens with one attached hydrogen (secondary N) is 1. The number of hydrogen-bond donors (Lipinski definition) is 2. The Morgan fingerprint density at radius 2 is 2.00 bits per heavy atom. The molecule has 1 aliphatic carbocycles. The molecular formula is C20H27N5O2. The molecule has 0 aromatic carbocycles. The molecular weight excluding hydrogens is 342 g/mol. The first-order chi connectivity index (χ1) is 13.2. The summed E-state index contributed by atoms with van der Waals surface area (Å²) in [5.74, 6) is 1.26. The largest absolute Gasteiger partial charge is 0.393 e. The molecule has 27 heavy (non-hydrogen) atoms. The van der Waals surface area contributed by atoms with Crippen LogP contribution < -0.4 is 4.90 Å². The van der Waals surface area contributed by atoms with Crippen LogP contribution in [0.2, 0.25) is 0 Å². The molecule has 4 heterocycles. The van der Waals surface area contributed by atoms with Crippen LogP contribution in [0.15, 0.2) is 18.6 Å². The van der Waals surface area contributed by atoms with E-state index in [9.17, 15) is 9.90 Å². The van der Waals surface area contributed by atoms with E-state index >= 15 is 0 Å². The van der Waals surface area contributed by atoms with Crippen molar-refractivity contribution in [3.05, 3.63) is 18.6 Å². The van der Waals surface area contributed by atoms with Crippen LogP contribution >= 0.6 is 0 Å². The summed E-state index contributed by atoms with van der Waals surface area (Å²) < 4.78 is 0. The Balaban J connectivity index is 1.37. The Kier molecular flexibility index (Phi) is 4.07. The standard InChI is InChI=1S/C20H27N5O2/c26-15-4-2-14(3-5-15)25-11-8-20(19(25)27)7-1-10-24(12-20)18-16-6-9-21-17(16)22-13-23-18/h6,9,13-15,26H,1-5,7-8,10-12H2,(H,21,22,23). The van der Waals surface area contributed by atoms with Crippen LogP contribution in [0.3, 0.4) is 0 Å². The minimum Gasteiger partial charge on any atom is -0.393 e. The lowest BCUT2D eigenvalue weighted by Gasteiger charge is -2.41. The molecule has 0 bridgehead atoms. The Morgan fingerprint density at radius 1 is 1.15 bits per heavy atom. The number of likely N-dealkylation sites (tertiary alicyclic amines) is 1. The maximum absolute atomic E-state index is 13.5. The van der Waals surface area contributed by atoms with Crippen LogP contribution in [-0.4, -0.2) is 62.6 Å². The van der Waals surface area contributed by atoms with Gasteiger partial charge in [0.05, 0.1) is 16.9 Å². The van der Waals surface area contributed by atoms with Crippen molar-refractivity contribution in [2.45, 2.75) is 57.1 Å². The molecule has 3 aliphatic rings. The second kappa shape index (κ2) is 6.48. The average Bonchev–Trinajstić information content (AvgIpc) is 3.29. The van der Waals surface area contributed by atoms with Gasteiger partial charge >= 0.3 is 0 Å². The number of hydrogen-bond acceptors (Lipinski definition) is 5. The number of amides is 1. The number of piperidine rings is 1. The van der Waals surface area contributed by atoms with Gasteiger partial charge in [-0.15, -0.1) is 0 Å². The molecule has 1 saturated carbocycles. The topological polar surface area (TPSA) is 85.3 Å². The van der Waals surface area contributed by atoms with Gasteiger partial charge in [0.25, 0.3) is 0 Å². The number of aromatic amines is 1. The molecule has 5 rings (SSSR count). The van der Waals surface area contributed by atoms with E-state index in [1.54, 1.807) is 6.33 Å². The van der Waals surface area contributed by atoms with Crippen LogP contribution in [0.1, 0.15) is 44.9 Å². The van der Waals surface area contributed by atoms with Crippen LogP contribution in [0, 0.1) is 5.41 Å². The smallest absolute Gasteiger partial charge is 0.230 e. The summed E-state index contributed by atoms with van der Waals surface area (Å²) in [6, 6.07) is 2.33. The SMILES string of the molecule is O=C1N(C2CCC(O)CC2)CCC12CCCN(c1ncnc3[nH]ccc13)C2. The monoisotopic (exact) mass is 369 g/mol. The number of aromatic nitrogens is 3. The second-order valence-electron chi connectivity index (χ2n) is 8.45. The predicted molar refractivity (Wildman–Crippen MR) is 102 cm³/mol. The van der Waals surface area contributed by atoms with Crippen LogP contribution in [0.5, 0.6) is 0 Å². The zero-order valence-electron chi connectivity index (χ0n) is 15.6. The molecule has 7 heteroatoms. The summed E-state index contributed by atoms with van der Waals surface area (Å²) in [5, 5.41) is 10.8. The van der Waals surface area contributed by atoms with E-state index in [2.05, 4.69) is 24.8 Å². The average molecular weight is 369 g/mol. The molecule has 144 valence electrons. The lowest BCUT2D eigenvalue weighted by molar-refractivity contribution is -0.139. The van der Waals surface area contributed by atoms with Gasteiger partial charge in [0.1, 0.15) is 17.8 Å². The molecule has 3 fully saturated rings. The number of aliphatic hydroxyl groups excluding tert-OH is 1. The van der Waals surface area contributed by atoms with E-state index in [4.69, 9.17) is 0 Å². The molecule has 1 unspecified atom stereocenters. The number of anilines is 1. The fraction of sp³-hybridized carbons (Fsp3) is 0.650. The number of carbonyl (C=O) groups excluding carboxylic acids is 1. The Hall–Kier alpha value is -2.15. The molecule has 1 amide bonds. The van der Waals surface area contributed by atoms with Crippen molar-refractivity contribution in [3.8, 4) is 0 Å². The number of H-pyrrole nitrogens is 1. The van der Waals surface area contributed by atoms with Crippen molar-refractivity contribution >= 4 is 22.8 Å². The number of fused-ring (bicyclic) bond motifs is 1. The van der Waals surface area contributed by atoms with E-state index in [0.717, 1.165) is 81.4 Å². The van der Waals surface area contributed by atoms with Crippen LogP contribution in [0.4, 0.5) is 5.82 Å². The fourth-order valence-electron chi connectivity index (χ4n) is 5.37. The lowest BCUT2D eigenvalue weighted by Crippen LogP contribution is -2.50. The molecule has 2 aliphatic heterocycles. The highest BCUT2D eigenvalue weighted by atomic mass is 16.3. The molecule has 1 spiro atoms. The molecule has 2 aromatic heterocycles. The highest BCUT2D eigenvalue weighted by Crippen LogP contribution is 2.43. The number of carbonyl (C=O) groups is 1. The zero-order chi connectivity index (χ0) is 18.4. The molecule has 1 atom stereocenters. The summed E-state index contributed by atoms with van der Waals surface area (Å²) in [6.45, 7) is 2.54. The third-order valence-electron chi connectivity index (χ3n) is 6.86. The van der Waals surface area contributed by atoms with Gasteiger partial charge in [0.15, 0.2) is 0 Å². The van der Waals surface area contributed by atoms with Crippen molar-refractivity contribution in [1.82, 2.24) is 19.9 Å². The van der Waals surface area contributed by atoms with Crippen molar-refractivity contribution in [2.24, 2.45) is 5.41 Å². The Bertz CT molecular complexity index is 844. The molecule has 0 radical (unpaired) electrons.